The third-order valence-electron chi connectivity index (χ3n) is 6.83. The van der Waals surface area contributed by atoms with Gasteiger partial charge in [0.25, 0.3) is 0 Å². The normalized spacial score (nSPS) is 18.0. The molecule has 0 radical (unpaired) electrons. The molecule has 2 aromatic carbocycles. The Morgan fingerprint density at radius 3 is 2.65 bits per heavy atom. The van der Waals surface area contributed by atoms with Gasteiger partial charge < -0.3 is 24.0 Å². The van der Waals surface area contributed by atoms with Crippen LogP contribution in [0, 0.1) is 6.92 Å². The fraction of sp³-hybridized carbons (Fsp3) is 0.346. The van der Waals surface area contributed by atoms with E-state index >= 15 is 0 Å². The minimum Gasteiger partial charge on any atom is -0.507 e. The molecule has 0 unspecified atom stereocenters. The number of likely N-dealkylation sites (N-methyl/N-ethyl adjacent to an activating group) is 1. The highest BCUT2D eigenvalue weighted by molar-refractivity contribution is 9.10. The van der Waals surface area contributed by atoms with Crippen LogP contribution in [0.2, 0.25) is 0 Å². The molecular weight excluding hydrogens is 498 g/mol. The number of nitrogens with zero attached hydrogens (tertiary/aromatic N) is 3. The van der Waals surface area contributed by atoms with E-state index < -0.39 is 0 Å². The maximum Gasteiger partial charge on any atom is 0.232 e. The number of carbonyl (C=O) groups is 1. The number of carbonyl (C=O) groups excluding carboxylic acids is 1. The molecule has 2 aliphatic rings. The van der Waals surface area contributed by atoms with Crippen LogP contribution < -0.4 is 9.47 Å². The largest absolute Gasteiger partial charge is 0.507 e. The van der Waals surface area contributed by atoms with Crippen LogP contribution in [0.3, 0.4) is 0 Å². The first-order chi connectivity index (χ1) is 16.4. The summed E-state index contributed by atoms with van der Waals surface area (Å²) in [6.07, 6.45) is 1.82. The number of aromatic hydroxyl groups is 1. The molecule has 3 aromatic rings. The molecule has 2 aliphatic heterocycles. The van der Waals surface area contributed by atoms with Crippen molar-refractivity contribution >= 4 is 38.7 Å². The maximum absolute atomic E-state index is 13.1. The summed E-state index contributed by atoms with van der Waals surface area (Å²) in [6.45, 7) is 8.23. The highest BCUT2D eigenvalue weighted by Gasteiger charge is 2.29. The first-order valence-electron chi connectivity index (χ1n) is 11.4. The van der Waals surface area contributed by atoms with E-state index in [1.165, 1.54) is 6.07 Å². The number of rotatable bonds is 5. The Hall–Kier alpha value is -2.81. The van der Waals surface area contributed by atoms with Crippen molar-refractivity contribution in [3.63, 3.8) is 0 Å². The molecule has 0 spiro atoms. The molecule has 5 rings (SSSR count). The first kappa shape index (κ1) is 23.0. The third-order valence-corrected chi connectivity index (χ3v) is 7.46. The fourth-order valence-corrected chi connectivity index (χ4v) is 5.07. The highest BCUT2D eigenvalue weighted by atomic mass is 79.9. The number of hydrogen-bond donors (Lipinski definition) is 1. The van der Waals surface area contributed by atoms with E-state index in [2.05, 4.69) is 50.3 Å². The van der Waals surface area contributed by atoms with Gasteiger partial charge in [0, 0.05) is 67.5 Å². The van der Waals surface area contributed by atoms with Gasteiger partial charge in [-0.25, -0.2) is 0 Å². The number of halogens is 1. The molecule has 1 saturated heterocycles. The van der Waals surface area contributed by atoms with Crippen LogP contribution >= 0.6 is 15.9 Å². The zero-order valence-electron chi connectivity index (χ0n) is 19.6. The molecule has 1 N–H and O–H groups in total. The molecule has 0 amide bonds. The molecule has 7 nitrogen and oxygen atoms in total. The van der Waals surface area contributed by atoms with E-state index in [1.807, 2.05) is 18.2 Å². The molecular formula is C26H28BrN3O4. The van der Waals surface area contributed by atoms with E-state index in [9.17, 15) is 9.90 Å². The van der Waals surface area contributed by atoms with E-state index in [-0.39, 0.29) is 17.3 Å². The average Bonchev–Trinajstić information content (AvgIpc) is 3.27. The lowest BCUT2D eigenvalue weighted by Crippen LogP contribution is -2.45. The topological polar surface area (TPSA) is 67.2 Å². The summed E-state index contributed by atoms with van der Waals surface area (Å²) in [4.78, 5) is 17.9. The van der Waals surface area contributed by atoms with Crippen molar-refractivity contribution in [3.05, 3.63) is 57.4 Å². The molecule has 1 fully saturated rings. The molecule has 0 saturated carbocycles. The molecule has 178 valence electrons. The minimum absolute atomic E-state index is 0.0363. The lowest BCUT2D eigenvalue weighted by atomic mass is 10.1. The molecule has 3 heterocycles. The van der Waals surface area contributed by atoms with E-state index in [4.69, 9.17) is 9.47 Å². The minimum atomic E-state index is -0.198. The lowest BCUT2D eigenvalue weighted by molar-refractivity contribution is 0.101. The van der Waals surface area contributed by atoms with Crippen LogP contribution in [0.1, 0.15) is 21.6 Å². The van der Waals surface area contributed by atoms with Crippen LogP contribution in [0.4, 0.5) is 0 Å². The second-order valence-electron chi connectivity index (χ2n) is 8.92. The Morgan fingerprint density at radius 1 is 1.15 bits per heavy atom. The van der Waals surface area contributed by atoms with Crippen molar-refractivity contribution < 1.29 is 19.4 Å². The van der Waals surface area contributed by atoms with Crippen molar-refractivity contribution in [3.8, 4) is 17.2 Å². The van der Waals surface area contributed by atoms with E-state index in [0.717, 1.165) is 67.2 Å². The third kappa shape index (κ3) is 4.10. The zero-order chi connectivity index (χ0) is 24.0. The highest BCUT2D eigenvalue weighted by Crippen LogP contribution is 2.40. The number of phenols is 1. The lowest BCUT2D eigenvalue weighted by Gasteiger charge is -2.32. The zero-order valence-corrected chi connectivity index (χ0v) is 21.2. The number of Topliss-reactive ketones (excluding diaryl/α,β-unsaturated/α-hetero) is 1. The van der Waals surface area contributed by atoms with Gasteiger partial charge in [0.2, 0.25) is 5.78 Å². The van der Waals surface area contributed by atoms with Crippen molar-refractivity contribution in [2.24, 2.45) is 0 Å². The standard InChI is InChI=1S/C26H28BrN3O4/c1-16-18(14-25-26(32)20-13-21(27)23(31)15-24(20)34-25)19-12-17(33-3)4-5-22(19)30(16)11-10-29-8-6-28(2)7-9-29/h4-5,12-15,31H,6-11H2,1-3H3. The number of benzene rings is 2. The summed E-state index contributed by atoms with van der Waals surface area (Å²) in [7, 11) is 3.82. The van der Waals surface area contributed by atoms with Gasteiger partial charge in [0.15, 0.2) is 5.76 Å². The van der Waals surface area contributed by atoms with E-state index in [1.54, 1.807) is 13.2 Å². The summed E-state index contributed by atoms with van der Waals surface area (Å²) < 4.78 is 14.1. The number of piperazine rings is 1. The number of aromatic nitrogens is 1. The van der Waals surface area contributed by atoms with Crippen molar-refractivity contribution in [2.75, 3.05) is 46.9 Å². The second kappa shape index (κ2) is 9.09. The van der Waals surface area contributed by atoms with Gasteiger partial charge in [0.1, 0.15) is 17.2 Å². The van der Waals surface area contributed by atoms with Crippen molar-refractivity contribution in [1.82, 2.24) is 14.4 Å². The summed E-state index contributed by atoms with van der Waals surface area (Å²) in [6, 6.07) is 9.12. The molecule has 0 atom stereocenters. The van der Waals surface area contributed by atoms with Gasteiger partial charge >= 0.3 is 0 Å². The van der Waals surface area contributed by atoms with Gasteiger partial charge in [-0.2, -0.15) is 0 Å². The number of allylic oxidation sites excluding steroid dienone is 1. The van der Waals surface area contributed by atoms with Crippen LogP contribution in [-0.2, 0) is 6.54 Å². The molecule has 8 heteroatoms. The van der Waals surface area contributed by atoms with Gasteiger partial charge in [-0.05, 0) is 60.2 Å². The Balaban J connectivity index is 1.52. The Bertz CT molecular complexity index is 1310. The number of ketones is 1. The molecule has 0 aliphatic carbocycles. The monoisotopic (exact) mass is 525 g/mol. The number of ether oxygens (including phenoxy) is 2. The second-order valence-corrected chi connectivity index (χ2v) is 9.77. The Kier molecular flexibility index (Phi) is 6.14. The number of methoxy groups -OCH3 is 1. The fourth-order valence-electron chi connectivity index (χ4n) is 4.73. The van der Waals surface area contributed by atoms with Gasteiger partial charge in [-0.15, -0.1) is 0 Å². The van der Waals surface area contributed by atoms with Crippen LogP contribution in [0.5, 0.6) is 17.2 Å². The summed E-state index contributed by atoms with van der Waals surface area (Å²) >= 11 is 3.28. The first-order valence-corrected chi connectivity index (χ1v) is 12.2. The summed E-state index contributed by atoms with van der Waals surface area (Å²) in [5.74, 6) is 1.22. The molecule has 1 aromatic heterocycles. The Labute approximate surface area is 207 Å². The van der Waals surface area contributed by atoms with Crippen LogP contribution in [-0.4, -0.2) is 72.1 Å². The van der Waals surface area contributed by atoms with Crippen LogP contribution in [0.15, 0.2) is 40.6 Å². The predicted molar refractivity (Wildman–Crippen MR) is 136 cm³/mol. The number of phenolic OH excluding ortho intramolecular Hbond substituents is 1. The SMILES string of the molecule is COc1ccc2c(c1)c(C=C1Oc3cc(O)c(Br)cc3C1=O)c(C)n2CCN1CCN(C)CC1. The predicted octanol–water partition coefficient (Wildman–Crippen LogP) is 4.29. The molecule has 0 bridgehead atoms. The number of hydrogen-bond acceptors (Lipinski definition) is 6. The number of fused-ring (bicyclic) bond motifs is 2. The van der Waals surface area contributed by atoms with Gasteiger partial charge in [-0.3, -0.25) is 9.69 Å². The van der Waals surface area contributed by atoms with Crippen LogP contribution in [0.25, 0.3) is 17.0 Å². The van der Waals surface area contributed by atoms with Gasteiger partial charge in [0.05, 0.1) is 17.1 Å². The quantitative estimate of drug-likeness (QED) is 0.501. The van der Waals surface area contributed by atoms with Crippen molar-refractivity contribution in [1.29, 1.82) is 0 Å². The summed E-state index contributed by atoms with van der Waals surface area (Å²) in [5.41, 5.74) is 3.54. The smallest absolute Gasteiger partial charge is 0.232 e. The average molecular weight is 526 g/mol. The Morgan fingerprint density at radius 2 is 1.91 bits per heavy atom. The van der Waals surface area contributed by atoms with E-state index in [0.29, 0.717) is 15.8 Å². The summed E-state index contributed by atoms with van der Waals surface area (Å²) in [5, 5.41) is 11.0. The maximum atomic E-state index is 13.1. The van der Waals surface area contributed by atoms with Gasteiger partial charge in [-0.1, -0.05) is 0 Å². The van der Waals surface area contributed by atoms with Crippen molar-refractivity contribution in [2.45, 2.75) is 13.5 Å². The molecule has 34 heavy (non-hydrogen) atoms.